The molecule has 198 valence electrons. The Morgan fingerprint density at radius 3 is 2.30 bits per heavy atom. The summed E-state index contributed by atoms with van der Waals surface area (Å²) in [5, 5.41) is 60.6. The maximum Gasteiger partial charge on any atom is 0.336 e. The molecule has 3 rings (SSSR count). The van der Waals surface area contributed by atoms with Crippen LogP contribution in [0.25, 0.3) is 22.0 Å². The third-order valence-electron chi connectivity index (χ3n) is 5.84. The number of hydrogen-bond donors (Lipinski definition) is 9. The van der Waals surface area contributed by atoms with E-state index in [0.717, 1.165) is 0 Å². The van der Waals surface area contributed by atoms with Crippen molar-refractivity contribution in [1.29, 1.82) is 0 Å². The molecule has 0 unspecified atom stereocenters. The number of aliphatic hydroxyl groups excluding tert-OH is 5. The first kappa shape index (κ1) is 27.6. The number of carbonyl (C=O) groups is 2. The normalized spacial score (nSPS) is 14.5. The average molecular weight is 516 g/mol. The molecule has 0 aliphatic rings. The molecule has 11 N–H and O–H groups in total. The molecule has 4 atom stereocenters. The summed E-state index contributed by atoms with van der Waals surface area (Å²) in [6.45, 7) is -1.26. The van der Waals surface area contributed by atoms with Gasteiger partial charge in [0.1, 0.15) is 18.3 Å². The Labute approximate surface area is 210 Å². The van der Waals surface area contributed by atoms with Crippen molar-refractivity contribution in [3.63, 3.8) is 0 Å². The number of nitrogens with zero attached hydrogens (tertiary/aromatic N) is 2. The zero-order valence-corrected chi connectivity index (χ0v) is 19.8. The van der Waals surface area contributed by atoms with Gasteiger partial charge >= 0.3 is 5.97 Å². The van der Waals surface area contributed by atoms with Gasteiger partial charge in [-0.25, -0.2) is 9.79 Å². The molecule has 0 aliphatic carbocycles. The smallest absolute Gasteiger partial charge is 0.336 e. The van der Waals surface area contributed by atoms with Crippen molar-refractivity contribution in [2.24, 2.45) is 23.5 Å². The summed E-state index contributed by atoms with van der Waals surface area (Å²) >= 11 is 0. The zero-order chi connectivity index (χ0) is 27.4. The first-order valence-corrected chi connectivity index (χ1v) is 11.1. The lowest BCUT2D eigenvalue weighted by Gasteiger charge is -2.25. The number of aromatic nitrogens is 1. The lowest BCUT2D eigenvalue weighted by Crippen LogP contribution is -2.49. The topological polar surface area (TPSA) is 237 Å². The van der Waals surface area contributed by atoms with Gasteiger partial charge < -0.3 is 52.0 Å². The fourth-order valence-electron chi connectivity index (χ4n) is 3.89. The minimum atomic E-state index is -1.81. The molecular weight excluding hydrogens is 486 g/mol. The second kappa shape index (κ2) is 11.4. The summed E-state index contributed by atoms with van der Waals surface area (Å²) in [5.74, 6) is -1.90. The molecule has 0 bridgehead atoms. The van der Waals surface area contributed by atoms with Crippen molar-refractivity contribution in [2.45, 2.75) is 24.4 Å². The molecule has 1 amide bonds. The van der Waals surface area contributed by atoms with Gasteiger partial charge in [-0.3, -0.25) is 4.79 Å². The first-order valence-electron chi connectivity index (χ1n) is 11.1. The van der Waals surface area contributed by atoms with E-state index in [2.05, 4.69) is 10.3 Å². The number of aliphatic imine (C=N–C) groups is 1. The third-order valence-corrected chi connectivity index (χ3v) is 5.84. The number of rotatable bonds is 10. The molecule has 13 nitrogen and oxygen atoms in total. The highest BCUT2D eigenvalue weighted by Crippen LogP contribution is 2.32. The number of carboxylic acids is 1. The van der Waals surface area contributed by atoms with E-state index in [1.54, 1.807) is 36.0 Å². The van der Waals surface area contributed by atoms with Crippen LogP contribution in [0, 0.1) is 0 Å². The predicted molar refractivity (Wildman–Crippen MR) is 134 cm³/mol. The summed E-state index contributed by atoms with van der Waals surface area (Å²) in [5.41, 5.74) is 13.0. The summed E-state index contributed by atoms with van der Waals surface area (Å²) in [6, 6.07) is 9.40. The van der Waals surface area contributed by atoms with Crippen LogP contribution in [0.3, 0.4) is 0 Å². The van der Waals surface area contributed by atoms with Crippen LogP contribution < -0.4 is 16.8 Å². The van der Waals surface area contributed by atoms with E-state index < -0.39 is 49.4 Å². The van der Waals surface area contributed by atoms with Gasteiger partial charge in [-0.2, -0.15) is 0 Å². The van der Waals surface area contributed by atoms with E-state index in [-0.39, 0.29) is 17.1 Å². The average Bonchev–Trinajstić information content (AvgIpc) is 3.20. The number of aromatic carboxylic acids is 1. The minimum absolute atomic E-state index is 0.0297. The second-order valence-corrected chi connectivity index (χ2v) is 8.47. The molecule has 0 saturated heterocycles. The summed E-state index contributed by atoms with van der Waals surface area (Å²) < 4.78 is 1.67. The Morgan fingerprint density at radius 1 is 1.00 bits per heavy atom. The van der Waals surface area contributed by atoms with Crippen molar-refractivity contribution in [2.75, 3.05) is 13.2 Å². The Balaban J connectivity index is 1.89. The van der Waals surface area contributed by atoms with Gasteiger partial charge in [0.2, 0.25) is 0 Å². The van der Waals surface area contributed by atoms with Gasteiger partial charge in [-0.1, -0.05) is 12.1 Å². The maximum atomic E-state index is 12.8. The van der Waals surface area contributed by atoms with Crippen molar-refractivity contribution in [3.05, 3.63) is 53.7 Å². The molecule has 0 spiro atoms. The third kappa shape index (κ3) is 6.04. The molecule has 0 fully saturated rings. The first-order chi connectivity index (χ1) is 17.4. The summed E-state index contributed by atoms with van der Waals surface area (Å²) in [7, 11) is 1.70. The van der Waals surface area contributed by atoms with E-state index in [0.29, 0.717) is 27.7 Å². The van der Waals surface area contributed by atoms with Crippen LogP contribution in [0.1, 0.15) is 20.7 Å². The highest BCUT2D eigenvalue weighted by atomic mass is 16.4. The lowest BCUT2D eigenvalue weighted by atomic mass is 9.97. The van der Waals surface area contributed by atoms with E-state index in [1.807, 2.05) is 0 Å². The second-order valence-electron chi connectivity index (χ2n) is 8.47. The Bertz CT molecular complexity index is 1330. The highest BCUT2D eigenvalue weighted by molar-refractivity contribution is 6.08. The number of guanidine groups is 1. The quantitative estimate of drug-likeness (QED) is 0.113. The largest absolute Gasteiger partial charge is 0.478 e. The van der Waals surface area contributed by atoms with Crippen LogP contribution in [-0.2, 0) is 7.05 Å². The van der Waals surface area contributed by atoms with Gasteiger partial charge in [-0.15, -0.1) is 0 Å². The standard InChI is InChI=1S/C24H29N5O8/c1-29-9-16(22(35)27-8-18(31)20(33)21(34)19(32)10-30)13-4-2-11(6-17(13)29)15-7-12(28-24(25)26)3-5-14(15)23(36)37/h2-7,9,18-21,30-34H,8,10H2,1H3,(H,27,35)(H,36,37)(H4,25,26,28)/t18-,19+,20+,21+/m0/s1. The summed E-state index contributed by atoms with van der Waals surface area (Å²) in [4.78, 5) is 28.6. The van der Waals surface area contributed by atoms with Gasteiger partial charge in [0.05, 0.1) is 29.5 Å². The highest BCUT2D eigenvalue weighted by Gasteiger charge is 2.30. The van der Waals surface area contributed by atoms with Gasteiger partial charge in [0, 0.05) is 30.7 Å². The number of aryl methyl sites for hydroxylation is 1. The van der Waals surface area contributed by atoms with Crippen molar-refractivity contribution in [1.82, 2.24) is 9.88 Å². The SMILES string of the molecule is Cn1cc(C(=O)NC[C@H](O)[C@@H](O)[C@H](O)[C@H](O)CO)c2ccc(-c3cc(N=C(N)N)ccc3C(=O)O)cc21. The van der Waals surface area contributed by atoms with Crippen LogP contribution in [0.4, 0.5) is 5.69 Å². The van der Waals surface area contributed by atoms with Crippen LogP contribution in [0.15, 0.2) is 47.6 Å². The maximum absolute atomic E-state index is 12.8. The molecule has 3 aromatic rings. The lowest BCUT2D eigenvalue weighted by molar-refractivity contribution is -0.113. The van der Waals surface area contributed by atoms with Crippen molar-refractivity contribution < 1.29 is 40.2 Å². The van der Waals surface area contributed by atoms with E-state index in [4.69, 9.17) is 16.6 Å². The van der Waals surface area contributed by atoms with Crippen LogP contribution in [0.5, 0.6) is 0 Å². The molecule has 0 aliphatic heterocycles. The number of amides is 1. The van der Waals surface area contributed by atoms with E-state index >= 15 is 0 Å². The number of benzene rings is 2. The number of carboxylic acid groups (broad SMARTS) is 1. The number of aliphatic hydroxyl groups is 5. The van der Waals surface area contributed by atoms with Gasteiger partial charge in [0.15, 0.2) is 5.96 Å². The molecule has 37 heavy (non-hydrogen) atoms. The minimum Gasteiger partial charge on any atom is -0.478 e. The number of nitrogens with one attached hydrogen (secondary N) is 1. The molecule has 2 aromatic carbocycles. The van der Waals surface area contributed by atoms with Crippen LogP contribution in [0.2, 0.25) is 0 Å². The fourth-order valence-corrected chi connectivity index (χ4v) is 3.89. The van der Waals surface area contributed by atoms with E-state index in [1.165, 1.54) is 18.2 Å². The summed E-state index contributed by atoms with van der Waals surface area (Å²) in [6.07, 6.45) is -5.35. The van der Waals surface area contributed by atoms with Gasteiger partial charge in [-0.05, 0) is 35.4 Å². The monoisotopic (exact) mass is 515 g/mol. The Morgan fingerprint density at radius 2 is 1.68 bits per heavy atom. The number of nitrogens with two attached hydrogens (primary N) is 2. The van der Waals surface area contributed by atoms with Crippen molar-refractivity contribution in [3.8, 4) is 11.1 Å². The Kier molecular flexibility index (Phi) is 8.47. The molecule has 1 aromatic heterocycles. The molecule has 0 radical (unpaired) electrons. The molecule has 13 heteroatoms. The molecular formula is C24H29N5O8. The molecule has 0 saturated carbocycles. The number of fused-ring (bicyclic) bond motifs is 1. The van der Waals surface area contributed by atoms with Gasteiger partial charge in [0.25, 0.3) is 5.91 Å². The van der Waals surface area contributed by atoms with Crippen LogP contribution >= 0.6 is 0 Å². The zero-order valence-electron chi connectivity index (χ0n) is 19.8. The van der Waals surface area contributed by atoms with Crippen LogP contribution in [-0.4, -0.2) is 90.6 Å². The Hall–Kier alpha value is -4.01. The van der Waals surface area contributed by atoms with Crippen molar-refractivity contribution >= 4 is 34.4 Å². The predicted octanol–water partition coefficient (Wildman–Crippen LogP) is -1.39. The molecule has 1 heterocycles. The van der Waals surface area contributed by atoms with E-state index in [9.17, 15) is 35.1 Å². The fraction of sp³-hybridized carbons (Fsp3) is 0.292. The number of carbonyl (C=O) groups excluding carboxylic acids is 1. The number of hydrogen-bond acceptors (Lipinski definition) is 8.